The maximum absolute atomic E-state index is 4.60. The summed E-state index contributed by atoms with van der Waals surface area (Å²) in [5.74, 6) is 1.78. The Morgan fingerprint density at radius 1 is 1.00 bits per heavy atom. The van der Waals surface area contributed by atoms with Crippen molar-refractivity contribution in [1.82, 2.24) is 9.97 Å². The molecule has 2 aromatic rings. The van der Waals surface area contributed by atoms with Crippen molar-refractivity contribution in [1.29, 1.82) is 0 Å². The van der Waals surface area contributed by atoms with E-state index in [9.17, 15) is 0 Å². The minimum atomic E-state index is 0.787. The summed E-state index contributed by atoms with van der Waals surface area (Å²) in [6.07, 6.45) is 1.82. The predicted molar refractivity (Wildman–Crippen MR) is 71.0 cm³/mol. The molecule has 0 fully saturated rings. The molecule has 0 bridgehead atoms. The second-order valence-corrected chi connectivity index (χ2v) is 3.78. The highest BCUT2D eigenvalue weighted by Crippen LogP contribution is 2.17. The molecule has 1 aromatic heterocycles. The van der Waals surface area contributed by atoms with Crippen molar-refractivity contribution in [2.75, 3.05) is 18.0 Å². The lowest BCUT2D eigenvalue weighted by Gasteiger charge is -2.19. The monoisotopic (exact) mass is 227 g/mol. The van der Waals surface area contributed by atoms with Crippen LogP contribution in [0.2, 0.25) is 0 Å². The largest absolute Gasteiger partial charge is 0.357 e. The van der Waals surface area contributed by atoms with E-state index >= 15 is 0 Å². The fourth-order valence-corrected chi connectivity index (χ4v) is 1.80. The molecule has 1 heterocycles. The Morgan fingerprint density at radius 3 is 2.35 bits per heavy atom. The van der Waals surface area contributed by atoms with Crippen LogP contribution in [0.5, 0.6) is 0 Å². The minimum absolute atomic E-state index is 0.787. The average molecular weight is 227 g/mol. The van der Waals surface area contributed by atoms with Gasteiger partial charge in [-0.2, -0.15) is 0 Å². The quantitative estimate of drug-likeness (QED) is 0.804. The first-order valence-corrected chi connectivity index (χ1v) is 5.98. The summed E-state index contributed by atoms with van der Waals surface area (Å²) < 4.78 is 0. The lowest BCUT2D eigenvalue weighted by Crippen LogP contribution is -2.23. The molecular formula is C14H17N3. The summed E-state index contributed by atoms with van der Waals surface area (Å²) in [5.41, 5.74) is 1.06. The zero-order chi connectivity index (χ0) is 12.1. The van der Waals surface area contributed by atoms with Gasteiger partial charge in [-0.3, -0.25) is 0 Å². The number of hydrogen-bond acceptors (Lipinski definition) is 3. The van der Waals surface area contributed by atoms with Gasteiger partial charge >= 0.3 is 0 Å². The standard InChI is InChI=1S/C14H17N3/c1-3-17(4-2)13-10-11-15-14(16-13)12-8-6-5-7-9-12/h5-11H,3-4H2,1-2H3. The Bertz CT molecular complexity index is 464. The Balaban J connectivity index is 2.35. The number of aromatic nitrogens is 2. The van der Waals surface area contributed by atoms with Crippen molar-refractivity contribution >= 4 is 5.82 Å². The smallest absolute Gasteiger partial charge is 0.161 e. The SMILES string of the molecule is CCN(CC)c1ccnc(-c2ccccc2)n1. The van der Waals surface area contributed by atoms with Crippen LogP contribution in [0.3, 0.4) is 0 Å². The molecule has 0 radical (unpaired) electrons. The molecule has 3 nitrogen and oxygen atoms in total. The van der Waals surface area contributed by atoms with Crippen LogP contribution in [-0.2, 0) is 0 Å². The van der Waals surface area contributed by atoms with E-state index in [0.29, 0.717) is 0 Å². The summed E-state index contributed by atoms with van der Waals surface area (Å²) in [6.45, 7) is 6.19. The van der Waals surface area contributed by atoms with Crippen molar-refractivity contribution in [3.05, 3.63) is 42.6 Å². The lowest BCUT2D eigenvalue weighted by molar-refractivity contribution is 0.843. The number of benzene rings is 1. The molecule has 0 saturated heterocycles. The Morgan fingerprint density at radius 2 is 1.71 bits per heavy atom. The maximum atomic E-state index is 4.60. The fourth-order valence-electron chi connectivity index (χ4n) is 1.80. The van der Waals surface area contributed by atoms with Gasteiger partial charge in [-0.15, -0.1) is 0 Å². The van der Waals surface area contributed by atoms with Crippen LogP contribution < -0.4 is 4.90 Å². The van der Waals surface area contributed by atoms with E-state index in [4.69, 9.17) is 0 Å². The van der Waals surface area contributed by atoms with Gasteiger partial charge in [-0.25, -0.2) is 9.97 Å². The molecule has 0 N–H and O–H groups in total. The average Bonchev–Trinajstić information content (AvgIpc) is 2.42. The fraction of sp³-hybridized carbons (Fsp3) is 0.286. The molecule has 3 heteroatoms. The van der Waals surface area contributed by atoms with Crippen LogP contribution in [0.4, 0.5) is 5.82 Å². The predicted octanol–water partition coefficient (Wildman–Crippen LogP) is 2.99. The van der Waals surface area contributed by atoms with Gasteiger partial charge in [0.05, 0.1) is 0 Å². The highest BCUT2D eigenvalue weighted by Gasteiger charge is 2.06. The van der Waals surface area contributed by atoms with Crippen LogP contribution in [0.25, 0.3) is 11.4 Å². The number of rotatable bonds is 4. The van der Waals surface area contributed by atoms with E-state index in [-0.39, 0.29) is 0 Å². The van der Waals surface area contributed by atoms with Crippen molar-refractivity contribution in [2.45, 2.75) is 13.8 Å². The Kier molecular flexibility index (Phi) is 3.70. The van der Waals surface area contributed by atoms with E-state index < -0.39 is 0 Å². The molecule has 1 aromatic carbocycles. The molecule has 88 valence electrons. The van der Waals surface area contributed by atoms with Gasteiger partial charge in [0.15, 0.2) is 5.82 Å². The van der Waals surface area contributed by atoms with Gasteiger partial charge in [0.2, 0.25) is 0 Å². The van der Waals surface area contributed by atoms with Gasteiger partial charge in [0.25, 0.3) is 0 Å². The molecule has 0 aliphatic carbocycles. The second kappa shape index (κ2) is 5.43. The Labute approximate surface area is 102 Å². The Hall–Kier alpha value is -1.90. The van der Waals surface area contributed by atoms with Gasteiger partial charge in [-0.05, 0) is 19.9 Å². The van der Waals surface area contributed by atoms with Crippen LogP contribution in [0.1, 0.15) is 13.8 Å². The van der Waals surface area contributed by atoms with Crippen molar-refractivity contribution in [2.24, 2.45) is 0 Å². The van der Waals surface area contributed by atoms with Gasteiger partial charge < -0.3 is 4.90 Å². The summed E-state index contributed by atoms with van der Waals surface area (Å²) in [5, 5.41) is 0. The van der Waals surface area contributed by atoms with Crippen LogP contribution in [0, 0.1) is 0 Å². The molecule has 0 saturated carbocycles. The van der Waals surface area contributed by atoms with Crippen molar-refractivity contribution in [3.8, 4) is 11.4 Å². The van der Waals surface area contributed by atoms with E-state index in [2.05, 4.69) is 28.7 Å². The molecular weight excluding hydrogens is 210 g/mol. The first-order valence-electron chi connectivity index (χ1n) is 5.98. The van der Waals surface area contributed by atoms with Crippen molar-refractivity contribution in [3.63, 3.8) is 0 Å². The molecule has 17 heavy (non-hydrogen) atoms. The third kappa shape index (κ3) is 2.61. The van der Waals surface area contributed by atoms with Gasteiger partial charge in [0, 0.05) is 24.8 Å². The van der Waals surface area contributed by atoms with E-state index in [0.717, 1.165) is 30.3 Å². The summed E-state index contributed by atoms with van der Waals surface area (Å²) in [7, 11) is 0. The molecule has 0 atom stereocenters. The molecule has 0 spiro atoms. The number of hydrogen-bond donors (Lipinski definition) is 0. The number of nitrogens with zero attached hydrogens (tertiary/aromatic N) is 3. The third-order valence-corrected chi connectivity index (χ3v) is 2.76. The summed E-state index contributed by atoms with van der Waals surface area (Å²) in [4.78, 5) is 11.1. The first kappa shape index (κ1) is 11.6. The highest BCUT2D eigenvalue weighted by molar-refractivity contribution is 5.56. The molecule has 0 unspecified atom stereocenters. The van der Waals surface area contributed by atoms with E-state index in [1.54, 1.807) is 0 Å². The number of anilines is 1. The van der Waals surface area contributed by atoms with Crippen LogP contribution >= 0.6 is 0 Å². The van der Waals surface area contributed by atoms with Gasteiger partial charge in [0.1, 0.15) is 5.82 Å². The van der Waals surface area contributed by atoms with Crippen LogP contribution in [0.15, 0.2) is 42.6 Å². The van der Waals surface area contributed by atoms with E-state index in [1.807, 2.05) is 42.6 Å². The molecule has 0 aliphatic rings. The second-order valence-electron chi connectivity index (χ2n) is 3.78. The van der Waals surface area contributed by atoms with Gasteiger partial charge in [-0.1, -0.05) is 30.3 Å². The normalized spacial score (nSPS) is 10.2. The first-order chi connectivity index (χ1) is 8.35. The summed E-state index contributed by atoms with van der Waals surface area (Å²) >= 11 is 0. The lowest BCUT2D eigenvalue weighted by atomic mass is 10.2. The minimum Gasteiger partial charge on any atom is -0.357 e. The van der Waals surface area contributed by atoms with Crippen molar-refractivity contribution < 1.29 is 0 Å². The zero-order valence-corrected chi connectivity index (χ0v) is 10.3. The summed E-state index contributed by atoms with van der Waals surface area (Å²) in [6, 6.07) is 12.0. The maximum Gasteiger partial charge on any atom is 0.161 e. The van der Waals surface area contributed by atoms with Crippen LogP contribution in [-0.4, -0.2) is 23.1 Å². The van der Waals surface area contributed by atoms with E-state index in [1.165, 1.54) is 0 Å². The molecule has 0 amide bonds. The zero-order valence-electron chi connectivity index (χ0n) is 10.3. The third-order valence-electron chi connectivity index (χ3n) is 2.76. The molecule has 2 rings (SSSR count). The highest BCUT2D eigenvalue weighted by atomic mass is 15.2. The molecule has 0 aliphatic heterocycles. The topological polar surface area (TPSA) is 29.0 Å².